The molecule has 0 saturated carbocycles. The molecule has 2 N–H and O–H groups in total. The number of halogens is 4. The summed E-state index contributed by atoms with van der Waals surface area (Å²) >= 11 is 5.95. The summed E-state index contributed by atoms with van der Waals surface area (Å²) in [5, 5.41) is 0.311. The number of likely N-dealkylation sites (tertiary alicyclic amines) is 1. The predicted molar refractivity (Wildman–Crippen MR) is 91.3 cm³/mol. The van der Waals surface area contributed by atoms with Crippen LogP contribution in [0.25, 0.3) is 11.1 Å². The first-order chi connectivity index (χ1) is 11.8. The molecule has 7 heteroatoms. The molecule has 1 aliphatic heterocycles. The summed E-state index contributed by atoms with van der Waals surface area (Å²) in [6.07, 6.45) is -0.744. The molecule has 0 aliphatic carbocycles. The fraction of sp³-hybridized carbons (Fsp3) is 0.278. The summed E-state index contributed by atoms with van der Waals surface area (Å²) in [6.45, 7) is -0.0778. The lowest BCUT2D eigenvalue weighted by Crippen LogP contribution is -2.42. The van der Waals surface area contributed by atoms with Crippen molar-refractivity contribution in [3.05, 3.63) is 52.8 Å². The van der Waals surface area contributed by atoms with E-state index in [0.717, 1.165) is 6.07 Å². The molecule has 0 aromatic heterocycles. The van der Waals surface area contributed by atoms with Gasteiger partial charge in [-0.3, -0.25) is 4.79 Å². The van der Waals surface area contributed by atoms with Crippen LogP contribution in [0.15, 0.2) is 36.4 Å². The standard InChI is InChI=1S/C18H16ClF3N2O/c19-14-9-11(2-4-16(14)23)13-3-1-12(10-15(13)20)17(25)24-7-5-18(21,22)6-8-24/h1-4,9-10H,5-8,23H2. The zero-order valence-electron chi connectivity index (χ0n) is 13.2. The second-order valence-corrected chi connectivity index (χ2v) is 6.49. The van der Waals surface area contributed by atoms with E-state index in [2.05, 4.69) is 0 Å². The maximum atomic E-state index is 14.5. The lowest BCUT2D eigenvalue weighted by Gasteiger charge is -2.31. The fourth-order valence-corrected chi connectivity index (χ4v) is 2.98. The molecule has 2 aromatic carbocycles. The number of anilines is 1. The molecule has 1 aliphatic rings. The van der Waals surface area contributed by atoms with Crippen molar-refractivity contribution < 1.29 is 18.0 Å². The number of hydrogen-bond donors (Lipinski definition) is 1. The van der Waals surface area contributed by atoms with E-state index in [1.807, 2.05) is 0 Å². The van der Waals surface area contributed by atoms with Crippen LogP contribution in [0, 0.1) is 5.82 Å². The van der Waals surface area contributed by atoms with Crippen molar-refractivity contribution in [3.8, 4) is 11.1 Å². The molecule has 1 saturated heterocycles. The largest absolute Gasteiger partial charge is 0.398 e. The van der Waals surface area contributed by atoms with Gasteiger partial charge in [0.25, 0.3) is 11.8 Å². The number of nitrogens with two attached hydrogens (primary N) is 1. The van der Waals surface area contributed by atoms with E-state index in [-0.39, 0.29) is 37.1 Å². The molecular formula is C18H16ClF3N2O. The van der Waals surface area contributed by atoms with E-state index in [1.165, 1.54) is 17.0 Å². The second-order valence-electron chi connectivity index (χ2n) is 6.08. The number of piperidine rings is 1. The third-order valence-electron chi connectivity index (χ3n) is 4.31. The summed E-state index contributed by atoms with van der Waals surface area (Å²) < 4.78 is 40.8. The molecule has 132 valence electrons. The maximum Gasteiger partial charge on any atom is 0.253 e. The van der Waals surface area contributed by atoms with E-state index in [9.17, 15) is 18.0 Å². The van der Waals surface area contributed by atoms with Crippen molar-refractivity contribution in [1.82, 2.24) is 4.90 Å². The van der Waals surface area contributed by atoms with Crippen LogP contribution in [-0.4, -0.2) is 29.8 Å². The van der Waals surface area contributed by atoms with Crippen LogP contribution in [0.5, 0.6) is 0 Å². The first-order valence-electron chi connectivity index (χ1n) is 7.79. The van der Waals surface area contributed by atoms with Crippen molar-refractivity contribution in [2.75, 3.05) is 18.8 Å². The highest BCUT2D eigenvalue weighted by Crippen LogP contribution is 2.31. The minimum atomic E-state index is -2.74. The van der Waals surface area contributed by atoms with Crippen molar-refractivity contribution >= 4 is 23.2 Å². The number of benzene rings is 2. The van der Waals surface area contributed by atoms with Gasteiger partial charge in [0.05, 0.1) is 10.7 Å². The molecule has 1 fully saturated rings. The first-order valence-corrected chi connectivity index (χ1v) is 8.17. The van der Waals surface area contributed by atoms with Gasteiger partial charge < -0.3 is 10.6 Å². The van der Waals surface area contributed by atoms with Gasteiger partial charge in [0.2, 0.25) is 0 Å². The summed E-state index contributed by atoms with van der Waals surface area (Å²) in [5.74, 6) is -3.77. The van der Waals surface area contributed by atoms with Crippen LogP contribution in [0.2, 0.25) is 5.02 Å². The molecule has 0 unspecified atom stereocenters. The minimum absolute atomic E-state index is 0.0389. The van der Waals surface area contributed by atoms with Gasteiger partial charge in [0.1, 0.15) is 5.82 Å². The van der Waals surface area contributed by atoms with E-state index in [0.29, 0.717) is 16.3 Å². The highest BCUT2D eigenvalue weighted by atomic mass is 35.5. The Kier molecular flexibility index (Phi) is 4.64. The summed E-state index contributed by atoms with van der Waals surface area (Å²) in [6, 6.07) is 8.83. The highest BCUT2D eigenvalue weighted by Gasteiger charge is 2.35. The van der Waals surface area contributed by atoms with Crippen molar-refractivity contribution in [2.45, 2.75) is 18.8 Å². The van der Waals surface area contributed by atoms with Gasteiger partial charge in [-0.15, -0.1) is 0 Å². The second kappa shape index (κ2) is 6.59. The van der Waals surface area contributed by atoms with E-state index in [1.54, 1.807) is 18.2 Å². The van der Waals surface area contributed by atoms with Crippen LogP contribution in [0.3, 0.4) is 0 Å². The van der Waals surface area contributed by atoms with Crippen molar-refractivity contribution in [2.24, 2.45) is 0 Å². The van der Waals surface area contributed by atoms with Gasteiger partial charge in [-0.2, -0.15) is 0 Å². The molecule has 25 heavy (non-hydrogen) atoms. The Morgan fingerprint density at radius 3 is 2.40 bits per heavy atom. The molecule has 0 spiro atoms. The monoisotopic (exact) mass is 368 g/mol. The quantitative estimate of drug-likeness (QED) is 0.787. The number of alkyl halides is 2. The van der Waals surface area contributed by atoms with Crippen LogP contribution in [0.1, 0.15) is 23.2 Å². The predicted octanol–water partition coefficient (Wildman–Crippen LogP) is 4.60. The zero-order chi connectivity index (χ0) is 18.2. The number of hydrogen-bond acceptors (Lipinski definition) is 2. The first kappa shape index (κ1) is 17.6. The number of amides is 1. The van der Waals surface area contributed by atoms with Gasteiger partial charge in [-0.25, -0.2) is 13.2 Å². The average molecular weight is 369 g/mol. The summed E-state index contributed by atoms with van der Waals surface area (Å²) in [5.41, 5.74) is 6.98. The minimum Gasteiger partial charge on any atom is -0.398 e. The third-order valence-corrected chi connectivity index (χ3v) is 4.64. The lowest BCUT2D eigenvalue weighted by molar-refractivity contribution is -0.0494. The van der Waals surface area contributed by atoms with Gasteiger partial charge in [0, 0.05) is 37.1 Å². The van der Waals surface area contributed by atoms with E-state index in [4.69, 9.17) is 17.3 Å². The summed E-state index contributed by atoms with van der Waals surface area (Å²) in [4.78, 5) is 13.7. The SMILES string of the molecule is Nc1ccc(-c2ccc(C(=O)N3CCC(F)(F)CC3)cc2F)cc1Cl. The number of nitrogen functional groups attached to an aromatic ring is 1. The topological polar surface area (TPSA) is 46.3 Å². The third kappa shape index (κ3) is 3.74. The summed E-state index contributed by atoms with van der Waals surface area (Å²) in [7, 11) is 0. The zero-order valence-corrected chi connectivity index (χ0v) is 14.0. The van der Waals surface area contributed by atoms with Crippen molar-refractivity contribution in [1.29, 1.82) is 0 Å². The smallest absolute Gasteiger partial charge is 0.253 e. The molecule has 0 radical (unpaired) electrons. The van der Waals surface area contributed by atoms with Gasteiger partial charge >= 0.3 is 0 Å². The maximum absolute atomic E-state index is 14.5. The molecule has 0 bridgehead atoms. The average Bonchev–Trinajstić information content (AvgIpc) is 2.57. The normalized spacial score (nSPS) is 16.7. The Hall–Kier alpha value is -2.21. The molecule has 3 nitrogen and oxygen atoms in total. The highest BCUT2D eigenvalue weighted by molar-refractivity contribution is 6.33. The van der Waals surface area contributed by atoms with Crippen LogP contribution in [-0.2, 0) is 0 Å². The lowest BCUT2D eigenvalue weighted by atomic mass is 10.0. The Morgan fingerprint density at radius 2 is 1.80 bits per heavy atom. The van der Waals surface area contributed by atoms with Crippen LogP contribution in [0.4, 0.5) is 18.9 Å². The van der Waals surface area contributed by atoms with Crippen molar-refractivity contribution in [3.63, 3.8) is 0 Å². The number of carbonyl (C=O) groups is 1. The number of nitrogens with zero attached hydrogens (tertiary/aromatic N) is 1. The molecule has 3 rings (SSSR count). The number of rotatable bonds is 2. The van der Waals surface area contributed by atoms with Crippen LogP contribution < -0.4 is 5.73 Å². The molecule has 1 heterocycles. The molecule has 1 amide bonds. The Morgan fingerprint density at radius 1 is 1.12 bits per heavy atom. The molecular weight excluding hydrogens is 353 g/mol. The van der Waals surface area contributed by atoms with Gasteiger partial charge in [0.15, 0.2) is 0 Å². The van der Waals surface area contributed by atoms with E-state index >= 15 is 0 Å². The Bertz CT molecular complexity index is 816. The van der Waals surface area contributed by atoms with E-state index < -0.39 is 17.6 Å². The molecule has 0 atom stereocenters. The van der Waals surface area contributed by atoms with Crippen LogP contribution >= 0.6 is 11.6 Å². The molecule has 2 aromatic rings. The number of carbonyl (C=O) groups excluding carboxylic acids is 1. The fourth-order valence-electron chi connectivity index (χ4n) is 2.80. The Labute approximate surface area is 148 Å². The van der Waals surface area contributed by atoms with Gasteiger partial charge in [-0.1, -0.05) is 23.7 Å². The Balaban J connectivity index is 1.82. The van der Waals surface area contributed by atoms with Gasteiger partial charge in [-0.05, 0) is 29.8 Å².